The molecule has 5 rings (SSSR count). The molecule has 3 N–H and O–H groups in total. The first kappa shape index (κ1) is 30.2. The van der Waals surface area contributed by atoms with E-state index in [1.165, 1.54) is 31.2 Å². The third kappa shape index (κ3) is 7.02. The molecule has 2 amide bonds. The molecule has 3 aromatic heterocycles. The summed E-state index contributed by atoms with van der Waals surface area (Å²) < 4.78 is 6.63. The van der Waals surface area contributed by atoms with Gasteiger partial charge in [0.15, 0.2) is 0 Å². The highest BCUT2D eigenvalue weighted by molar-refractivity contribution is 6.32. The summed E-state index contributed by atoms with van der Waals surface area (Å²) in [5, 5.41) is 24.2. The van der Waals surface area contributed by atoms with Gasteiger partial charge in [-0.25, -0.2) is 14.8 Å². The minimum absolute atomic E-state index is 0.256. The van der Waals surface area contributed by atoms with E-state index in [2.05, 4.69) is 30.8 Å². The molecule has 1 atom stereocenters. The molecule has 224 valence electrons. The van der Waals surface area contributed by atoms with E-state index in [9.17, 15) is 14.7 Å². The molecule has 0 saturated carbocycles. The number of tetrazole rings is 1. The summed E-state index contributed by atoms with van der Waals surface area (Å²) in [5.74, 6) is 0.457. The first-order valence-corrected chi connectivity index (χ1v) is 13.8. The number of carboxylic acid groups (broad SMARTS) is 1. The van der Waals surface area contributed by atoms with E-state index in [1.807, 2.05) is 6.07 Å². The van der Waals surface area contributed by atoms with Gasteiger partial charge in [0.05, 0.1) is 18.8 Å². The topological polar surface area (TPSA) is 164 Å². The van der Waals surface area contributed by atoms with Crippen molar-refractivity contribution in [3.63, 3.8) is 0 Å². The second-order valence-corrected chi connectivity index (χ2v) is 10.3. The lowest BCUT2D eigenvalue weighted by atomic mass is 10.1. The summed E-state index contributed by atoms with van der Waals surface area (Å²) in [4.78, 5) is 37.7. The summed E-state index contributed by atoms with van der Waals surface area (Å²) in [6.45, 7) is 0. The van der Waals surface area contributed by atoms with Crippen LogP contribution < -0.4 is 15.0 Å². The summed E-state index contributed by atoms with van der Waals surface area (Å²) in [6.07, 6.45) is 5.33. The molecule has 0 aliphatic rings. The van der Waals surface area contributed by atoms with E-state index in [0.717, 1.165) is 10.5 Å². The number of nitrogens with zero attached hydrogens (tertiary/aromatic N) is 7. The Morgan fingerprint density at radius 3 is 2.61 bits per heavy atom. The minimum atomic E-state index is -1.08. The summed E-state index contributed by atoms with van der Waals surface area (Å²) >= 11 is 12.8. The summed E-state index contributed by atoms with van der Waals surface area (Å²) in [7, 11) is 2.98. The third-order valence-electron chi connectivity index (χ3n) is 6.59. The van der Waals surface area contributed by atoms with E-state index < -0.39 is 18.0 Å². The quantitative estimate of drug-likeness (QED) is 0.180. The highest BCUT2D eigenvalue weighted by atomic mass is 35.5. The van der Waals surface area contributed by atoms with Gasteiger partial charge >= 0.3 is 6.09 Å². The van der Waals surface area contributed by atoms with Gasteiger partial charge < -0.3 is 20.1 Å². The molecule has 44 heavy (non-hydrogen) atoms. The van der Waals surface area contributed by atoms with Crippen LogP contribution >= 0.6 is 23.2 Å². The average Bonchev–Trinajstić information content (AvgIpc) is 3.70. The number of hydrogen-bond donors (Lipinski definition) is 3. The Morgan fingerprint density at radius 2 is 1.95 bits per heavy atom. The number of benzene rings is 2. The fraction of sp³-hybridized carbons (Fsp3) is 0.138. The largest absolute Gasteiger partial charge is 0.481 e. The molecule has 0 saturated heterocycles. The fourth-order valence-corrected chi connectivity index (χ4v) is 4.74. The highest BCUT2D eigenvalue weighted by Gasteiger charge is 2.22. The van der Waals surface area contributed by atoms with Gasteiger partial charge in [-0.1, -0.05) is 41.4 Å². The first-order chi connectivity index (χ1) is 21.2. The number of anilines is 1. The van der Waals surface area contributed by atoms with Crippen LogP contribution in [0.25, 0.3) is 23.0 Å². The van der Waals surface area contributed by atoms with Crippen molar-refractivity contribution in [1.82, 2.24) is 40.5 Å². The lowest BCUT2D eigenvalue weighted by molar-refractivity contribution is -0.117. The number of pyridine rings is 1. The lowest BCUT2D eigenvalue weighted by Gasteiger charge is -2.16. The predicted molar refractivity (Wildman–Crippen MR) is 164 cm³/mol. The number of aromatic amines is 1. The Hall–Kier alpha value is -5.27. The van der Waals surface area contributed by atoms with Gasteiger partial charge in [0.1, 0.15) is 23.0 Å². The number of rotatable bonds is 10. The molecule has 13 nitrogen and oxygen atoms in total. The molecule has 2 aromatic carbocycles. The Bertz CT molecular complexity index is 1790. The number of imidazole rings is 1. The van der Waals surface area contributed by atoms with Crippen LogP contribution in [-0.2, 0) is 11.2 Å². The lowest BCUT2D eigenvalue weighted by Crippen LogP contribution is -2.29. The van der Waals surface area contributed by atoms with Gasteiger partial charge in [-0.3, -0.25) is 9.69 Å². The van der Waals surface area contributed by atoms with Gasteiger partial charge in [-0.05, 0) is 52.4 Å². The molecule has 15 heteroatoms. The van der Waals surface area contributed by atoms with Crippen molar-refractivity contribution in [2.24, 2.45) is 0 Å². The number of carbonyl (C=O) groups excluding carboxylic acids is 1. The standard InChI is InChI=1S/C29H25Cl2N9O4/c1-39(29(42)43)21-8-4-18(5-9-21)26-27(31)36-28(35-26)22(13-17-3-12-25(44-2)32-15-17)34-24(41)11-6-19-14-20(30)7-10-23(19)40-16-33-37-38-40/h3-12,14-16,22H,13H2,1-2H3,(H,34,41)(H,35,36)(H,42,43)/b11-6+/t22-/m0/s1. The molecular formula is C29H25Cl2N9O4. The number of methoxy groups -OCH3 is 1. The Balaban J connectivity index is 1.42. The zero-order chi connectivity index (χ0) is 31.2. The normalized spacial score (nSPS) is 11.8. The number of amides is 2. The highest BCUT2D eigenvalue weighted by Crippen LogP contribution is 2.30. The van der Waals surface area contributed by atoms with Crippen LogP contribution in [0.2, 0.25) is 10.2 Å². The average molecular weight is 634 g/mol. The van der Waals surface area contributed by atoms with Crippen molar-refractivity contribution in [3.8, 4) is 22.8 Å². The first-order valence-electron chi connectivity index (χ1n) is 13.0. The van der Waals surface area contributed by atoms with Gasteiger partial charge in [0, 0.05) is 53.6 Å². The van der Waals surface area contributed by atoms with E-state index in [4.69, 9.17) is 32.9 Å². The molecule has 0 bridgehead atoms. The number of carbonyl (C=O) groups is 2. The number of halogens is 2. The van der Waals surface area contributed by atoms with Crippen LogP contribution in [-0.4, -0.2) is 66.4 Å². The molecule has 0 spiro atoms. The zero-order valence-electron chi connectivity index (χ0n) is 23.3. The van der Waals surface area contributed by atoms with Crippen LogP contribution in [0.1, 0.15) is 23.0 Å². The molecule has 0 fully saturated rings. The summed E-state index contributed by atoms with van der Waals surface area (Å²) in [5.41, 5.74) is 3.65. The van der Waals surface area contributed by atoms with E-state index >= 15 is 0 Å². The van der Waals surface area contributed by atoms with Gasteiger partial charge in [0.25, 0.3) is 0 Å². The third-order valence-corrected chi connectivity index (χ3v) is 7.09. The van der Waals surface area contributed by atoms with Crippen LogP contribution in [0.5, 0.6) is 5.88 Å². The number of H-pyrrole nitrogens is 1. The SMILES string of the molecule is COc1ccc(C[C@H](NC(=O)/C=C/c2cc(Cl)ccc2-n2cnnn2)c2nc(-c3ccc(N(C)C(=O)O)cc3)c(Cl)[nH]2)cn1. The molecule has 0 unspecified atom stereocenters. The van der Waals surface area contributed by atoms with Crippen molar-refractivity contribution >= 4 is 47.0 Å². The smallest absolute Gasteiger partial charge is 0.411 e. The maximum absolute atomic E-state index is 13.3. The van der Waals surface area contributed by atoms with Crippen LogP contribution in [0.3, 0.4) is 0 Å². The number of nitrogens with one attached hydrogen (secondary N) is 2. The van der Waals surface area contributed by atoms with Crippen molar-refractivity contribution in [2.45, 2.75) is 12.5 Å². The minimum Gasteiger partial charge on any atom is -0.481 e. The second-order valence-electron chi connectivity index (χ2n) is 9.44. The Labute approximate surface area is 261 Å². The van der Waals surface area contributed by atoms with Crippen molar-refractivity contribution in [1.29, 1.82) is 0 Å². The molecule has 0 radical (unpaired) electrons. The van der Waals surface area contributed by atoms with Crippen LogP contribution in [0, 0.1) is 0 Å². The van der Waals surface area contributed by atoms with Gasteiger partial charge in [-0.15, -0.1) is 5.10 Å². The maximum Gasteiger partial charge on any atom is 0.411 e. The zero-order valence-corrected chi connectivity index (χ0v) is 24.9. The van der Waals surface area contributed by atoms with Gasteiger partial charge in [-0.2, -0.15) is 4.68 Å². The van der Waals surface area contributed by atoms with Crippen LogP contribution in [0.15, 0.2) is 73.2 Å². The Kier molecular flexibility index (Phi) is 9.17. The number of aromatic nitrogens is 7. The van der Waals surface area contributed by atoms with E-state index in [0.29, 0.717) is 51.3 Å². The predicted octanol–water partition coefficient (Wildman–Crippen LogP) is 4.99. The van der Waals surface area contributed by atoms with E-state index in [-0.39, 0.29) is 5.15 Å². The molecule has 0 aliphatic carbocycles. The Morgan fingerprint density at radius 1 is 1.16 bits per heavy atom. The maximum atomic E-state index is 13.3. The molecule has 3 heterocycles. The van der Waals surface area contributed by atoms with Crippen molar-refractivity contribution < 1.29 is 19.4 Å². The van der Waals surface area contributed by atoms with Crippen LogP contribution in [0.4, 0.5) is 10.5 Å². The number of ether oxygens (including phenoxy) is 1. The van der Waals surface area contributed by atoms with E-state index in [1.54, 1.807) is 60.8 Å². The summed E-state index contributed by atoms with van der Waals surface area (Å²) in [6, 6.07) is 14.8. The van der Waals surface area contributed by atoms with Crippen molar-refractivity contribution in [3.05, 3.63) is 100 Å². The fourth-order valence-electron chi connectivity index (χ4n) is 4.31. The van der Waals surface area contributed by atoms with Crippen molar-refractivity contribution in [2.75, 3.05) is 19.1 Å². The number of hydrogen-bond acceptors (Lipinski definition) is 8. The molecular weight excluding hydrogens is 609 g/mol. The molecule has 5 aromatic rings. The van der Waals surface area contributed by atoms with Gasteiger partial charge in [0.2, 0.25) is 11.8 Å². The molecule has 0 aliphatic heterocycles. The second kappa shape index (κ2) is 13.4. The monoisotopic (exact) mass is 633 g/mol.